The van der Waals surface area contributed by atoms with Crippen molar-refractivity contribution in [1.29, 1.82) is 0 Å². The maximum atomic E-state index is 12.6. The third-order valence-corrected chi connectivity index (χ3v) is 5.67. The predicted molar refractivity (Wildman–Crippen MR) is 130 cm³/mol. The third-order valence-electron chi connectivity index (χ3n) is 5.67. The van der Waals surface area contributed by atoms with E-state index in [9.17, 15) is 9.59 Å². The predicted octanol–water partition coefficient (Wildman–Crippen LogP) is 5.21. The third kappa shape index (κ3) is 4.66. The van der Waals surface area contributed by atoms with Gasteiger partial charge in [0.2, 0.25) is 17.6 Å². The van der Waals surface area contributed by atoms with Gasteiger partial charge in [-0.15, -0.1) is 0 Å². The molecule has 0 bridgehead atoms. The Morgan fingerprint density at radius 2 is 1.71 bits per heavy atom. The number of hydrogen-bond donors (Lipinski definition) is 2. The van der Waals surface area contributed by atoms with Gasteiger partial charge in [0, 0.05) is 35.6 Å². The Bertz CT molecular complexity index is 1320. The van der Waals surface area contributed by atoms with E-state index in [2.05, 4.69) is 20.8 Å². The number of nitrogens with one attached hydrogen (secondary N) is 2. The first-order chi connectivity index (χ1) is 16.5. The molecule has 1 aromatic heterocycles. The first-order valence-corrected chi connectivity index (χ1v) is 11.0. The van der Waals surface area contributed by atoms with Crippen LogP contribution in [0.25, 0.3) is 11.4 Å². The Hall–Kier alpha value is -4.46. The number of aryl methyl sites for hydroxylation is 1. The van der Waals surface area contributed by atoms with Gasteiger partial charge in [-0.2, -0.15) is 4.98 Å². The molecule has 1 aliphatic rings. The molecule has 2 heterocycles. The highest BCUT2D eigenvalue weighted by molar-refractivity contribution is 6.00. The van der Waals surface area contributed by atoms with Crippen molar-refractivity contribution in [2.75, 3.05) is 22.1 Å². The smallest absolute Gasteiger partial charge is 0.323 e. The van der Waals surface area contributed by atoms with Gasteiger partial charge in [-0.1, -0.05) is 53.2 Å². The molecule has 1 saturated heterocycles. The first kappa shape index (κ1) is 21.4. The van der Waals surface area contributed by atoms with E-state index in [0.29, 0.717) is 41.6 Å². The summed E-state index contributed by atoms with van der Waals surface area (Å²) in [6.45, 7) is 2.50. The van der Waals surface area contributed by atoms with E-state index in [1.54, 1.807) is 17.0 Å². The van der Waals surface area contributed by atoms with Gasteiger partial charge in [0.25, 0.3) is 0 Å². The van der Waals surface area contributed by atoms with Crippen LogP contribution in [-0.2, 0) is 4.79 Å². The highest BCUT2D eigenvalue weighted by Gasteiger charge is 2.35. The van der Waals surface area contributed by atoms with Crippen LogP contribution in [0.5, 0.6) is 0 Å². The summed E-state index contributed by atoms with van der Waals surface area (Å²) in [5.74, 6) is 0.693. The zero-order valence-electron chi connectivity index (χ0n) is 18.6. The number of benzene rings is 3. The Balaban J connectivity index is 1.27. The van der Waals surface area contributed by atoms with Crippen molar-refractivity contribution in [2.24, 2.45) is 0 Å². The van der Waals surface area contributed by atoms with Gasteiger partial charge >= 0.3 is 6.03 Å². The summed E-state index contributed by atoms with van der Waals surface area (Å²) in [7, 11) is 0. The Morgan fingerprint density at radius 3 is 2.50 bits per heavy atom. The molecule has 8 nitrogen and oxygen atoms in total. The molecule has 1 fully saturated rings. The molecule has 1 aliphatic heterocycles. The number of hydrogen-bond acceptors (Lipinski definition) is 5. The average molecular weight is 454 g/mol. The maximum absolute atomic E-state index is 12.6. The normalized spacial score (nSPS) is 15.4. The minimum atomic E-state index is -0.349. The van der Waals surface area contributed by atoms with Crippen molar-refractivity contribution in [3.05, 3.63) is 90.3 Å². The fourth-order valence-electron chi connectivity index (χ4n) is 3.92. The molecule has 4 aromatic rings. The molecule has 3 aromatic carbocycles. The van der Waals surface area contributed by atoms with Gasteiger partial charge < -0.3 is 20.1 Å². The number of rotatable bonds is 5. The van der Waals surface area contributed by atoms with E-state index in [0.717, 1.165) is 11.3 Å². The summed E-state index contributed by atoms with van der Waals surface area (Å²) in [5.41, 5.74) is 4.00. The summed E-state index contributed by atoms with van der Waals surface area (Å²) < 4.78 is 5.51. The summed E-state index contributed by atoms with van der Waals surface area (Å²) >= 11 is 0. The van der Waals surface area contributed by atoms with E-state index in [1.165, 1.54) is 0 Å². The van der Waals surface area contributed by atoms with Crippen LogP contribution in [0, 0.1) is 6.92 Å². The zero-order valence-corrected chi connectivity index (χ0v) is 18.6. The number of carbonyl (C=O) groups is 2. The van der Waals surface area contributed by atoms with E-state index in [-0.39, 0.29) is 17.9 Å². The summed E-state index contributed by atoms with van der Waals surface area (Å²) in [6, 6.07) is 23.9. The molecular formula is C26H23N5O3. The van der Waals surface area contributed by atoms with Crippen LogP contribution in [-0.4, -0.2) is 28.6 Å². The Morgan fingerprint density at radius 1 is 0.971 bits per heavy atom. The molecule has 1 atom stereocenters. The van der Waals surface area contributed by atoms with Crippen molar-refractivity contribution in [2.45, 2.75) is 19.3 Å². The van der Waals surface area contributed by atoms with E-state index >= 15 is 0 Å². The first-order valence-electron chi connectivity index (χ1n) is 11.0. The van der Waals surface area contributed by atoms with Crippen molar-refractivity contribution in [1.82, 2.24) is 10.1 Å². The quantitative estimate of drug-likeness (QED) is 0.432. The molecule has 34 heavy (non-hydrogen) atoms. The van der Waals surface area contributed by atoms with Crippen molar-refractivity contribution >= 4 is 29.0 Å². The number of para-hydroxylation sites is 1. The van der Waals surface area contributed by atoms with Crippen LogP contribution in [0.4, 0.5) is 21.9 Å². The molecule has 0 spiro atoms. The lowest BCUT2D eigenvalue weighted by atomic mass is 10.1. The van der Waals surface area contributed by atoms with E-state index in [1.807, 2.05) is 73.7 Å². The van der Waals surface area contributed by atoms with Crippen LogP contribution >= 0.6 is 0 Å². The highest BCUT2D eigenvalue weighted by Crippen LogP contribution is 2.32. The van der Waals surface area contributed by atoms with Gasteiger partial charge in [-0.25, -0.2) is 4.79 Å². The molecule has 170 valence electrons. The van der Waals surface area contributed by atoms with Crippen molar-refractivity contribution in [3.8, 4) is 11.4 Å². The molecule has 3 amide bonds. The van der Waals surface area contributed by atoms with Crippen molar-refractivity contribution in [3.63, 3.8) is 0 Å². The Kier molecular flexibility index (Phi) is 5.78. The number of urea groups is 1. The zero-order chi connectivity index (χ0) is 23.5. The Labute approximate surface area is 196 Å². The standard InChI is InChI=1S/C26H23N5O3/c1-17-10-12-22(13-11-17)31-16-19(15-23(31)32)25-29-24(30-34-25)18-6-5-9-21(14-18)28-26(33)27-20-7-3-2-4-8-20/h2-14,19H,15-16H2,1H3,(H2,27,28,33)/t19-/m1/s1. The lowest BCUT2D eigenvalue weighted by Crippen LogP contribution is -2.24. The van der Waals surface area contributed by atoms with Crippen LogP contribution < -0.4 is 15.5 Å². The fraction of sp³-hybridized carbons (Fsp3) is 0.154. The van der Waals surface area contributed by atoms with Crippen molar-refractivity contribution < 1.29 is 14.1 Å². The van der Waals surface area contributed by atoms with Gasteiger partial charge in [0.05, 0.1) is 5.92 Å². The van der Waals surface area contributed by atoms with Gasteiger partial charge in [0.15, 0.2) is 0 Å². The second-order valence-electron chi connectivity index (χ2n) is 8.22. The SMILES string of the molecule is Cc1ccc(N2C[C@H](c3nc(-c4cccc(NC(=O)Nc5ccccc5)c4)no3)CC2=O)cc1. The summed E-state index contributed by atoms with van der Waals surface area (Å²) in [4.78, 5) is 31.2. The molecule has 0 saturated carbocycles. The topological polar surface area (TPSA) is 100 Å². The van der Waals surface area contributed by atoms with Crippen LogP contribution in [0.1, 0.15) is 23.8 Å². The van der Waals surface area contributed by atoms with Crippen LogP contribution in [0.2, 0.25) is 0 Å². The lowest BCUT2D eigenvalue weighted by molar-refractivity contribution is -0.117. The minimum Gasteiger partial charge on any atom is -0.339 e. The van der Waals surface area contributed by atoms with Crippen LogP contribution in [0.3, 0.4) is 0 Å². The second kappa shape index (κ2) is 9.19. The van der Waals surface area contributed by atoms with Gasteiger partial charge in [0.1, 0.15) is 0 Å². The maximum Gasteiger partial charge on any atom is 0.323 e. The molecule has 0 radical (unpaired) electrons. The summed E-state index contributed by atoms with van der Waals surface area (Å²) in [6.07, 6.45) is 0.316. The molecule has 8 heteroatoms. The minimum absolute atomic E-state index is 0.0317. The largest absolute Gasteiger partial charge is 0.339 e. The molecule has 5 rings (SSSR count). The molecule has 0 aliphatic carbocycles. The second-order valence-corrected chi connectivity index (χ2v) is 8.22. The molecular weight excluding hydrogens is 430 g/mol. The number of aromatic nitrogens is 2. The summed E-state index contributed by atoms with van der Waals surface area (Å²) in [5, 5.41) is 9.70. The lowest BCUT2D eigenvalue weighted by Gasteiger charge is -2.16. The molecule has 2 N–H and O–H groups in total. The number of carbonyl (C=O) groups excluding carboxylic acids is 2. The van der Waals surface area contributed by atoms with E-state index in [4.69, 9.17) is 4.52 Å². The molecule has 0 unspecified atom stereocenters. The number of anilines is 3. The number of amides is 3. The number of nitrogens with zero attached hydrogens (tertiary/aromatic N) is 3. The van der Waals surface area contributed by atoms with Gasteiger partial charge in [-0.05, 0) is 43.3 Å². The monoisotopic (exact) mass is 453 g/mol. The fourth-order valence-corrected chi connectivity index (χ4v) is 3.92. The average Bonchev–Trinajstić information content (AvgIpc) is 3.48. The van der Waals surface area contributed by atoms with E-state index < -0.39 is 0 Å². The van der Waals surface area contributed by atoms with Crippen LogP contribution in [0.15, 0.2) is 83.4 Å². The highest BCUT2D eigenvalue weighted by atomic mass is 16.5. The van der Waals surface area contributed by atoms with Gasteiger partial charge in [-0.3, -0.25) is 4.79 Å².